The Hall–Kier alpha value is -6.45. The van der Waals surface area contributed by atoms with E-state index in [1.54, 1.807) is 55.8 Å². The van der Waals surface area contributed by atoms with Crippen molar-refractivity contribution < 1.29 is 41.7 Å². The third kappa shape index (κ3) is 13.0. The maximum atomic E-state index is 13.1. The molecule has 380 valence electrons. The zero-order valence-electron chi connectivity index (χ0n) is 40.3. The average Bonchev–Trinajstić information content (AvgIpc) is 3.67. The zero-order chi connectivity index (χ0) is 51.2. The minimum absolute atomic E-state index is 0.0959. The van der Waals surface area contributed by atoms with E-state index in [0.29, 0.717) is 71.9 Å². The second kappa shape index (κ2) is 22.5. The number of ether oxygens (including phenoxy) is 1. The summed E-state index contributed by atoms with van der Waals surface area (Å²) in [4.78, 5) is 67.5. The van der Waals surface area contributed by atoms with Gasteiger partial charge in [0.25, 0.3) is 5.91 Å². The number of carbonyl (C=O) groups is 4. The Balaban J connectivity index is 0.839. The van der Waals surface area contributed by atoms with Crippen LogP contribution in [0.25, 0.3) is 0 Å². The number of rotatable bonds is 15. The molecular formula is C51H57ClF3N10O6P. The predicted octanol–water partition coefficient (Wildman–Crippen LogP) is 7.50. The fourth-order valence-corrected chi connectivity index (χ4v) is 10.8. The van der Waals surface area contributed by atoms with Crippen molar-refractivity contribution in [2.45, 2.75) is 69.8 Å². The molecule has 3 aromatic carbocycles. The quantitative estimate of drug-likeness (QED) is 0.0303. The first-order valence-corrected chi connectivity index (χ1v) is 26.9. The van der Waals surface area contributed by atoms with Gasteiger partial charge in [-0.05, 0) is 93.9 Å². The van der Waals surface area contributed by atoms with Crippen LogP contribution in [0.15, 0.2) is 72.9 Å². The Morgan fingerprint density at radius 1 is 0.958 bits per heavy atom. The van der Waals surface area contributed by atoms with Crippen LogP contribution in [0.2, 0.25) is 5.02 Å². The Bertz CT molecular complexity index is 2850. The number of carbonyl (C=O) groups excluding carboxylic acids is 4. The molecule has 4 aliphatic heterocycles. The lowest BCUT2D eigenvalue weighted by Crippen LogP contribution is -2.53. The third-order valence-electron chi connectivity index (χ3n) is 13.2. The summed E-state index contributed by atoms with van der Waals surface area (Å²) < 4.78 is 58.1. The maximum absolute atomic E-state index is 13.1. The molecule has 1 unspecified atom stereocenters. The number of nitrogens with one attached hydrogen (secondary N) is 4. The smallest absolute Gasteiger partial charge is 0.409 e. The molecule has 72 heavy (non-hydrogen) atoms. The van der Waals surface area contributed by atoms with Gasteiger partial charge in [0, 0.05) is 99.3 Å². The van der Waals surface area contributed by atoms with Gasteiger partial charge in [0.15, 0.2) is 5.82 Å². The number of amides is 4. The van der Waals surface area contributed by atoms with E-state index < -0.39 is 31.2 Å². The highest BCUT2D eigenvalue weighted by atomic mass is 35.5. The number of alkyl halides is 3. The van der Waals surface area contributed by atoms with Gasteiger partial charge in [0.1, 0.15) is 24.0 Å². The minimum Gasteiger partial charge on any atom is -0.494 e. The van der Waals surface area contributed by atoms with Crippen LogP contribution in [0.4, 0.5) is 47.7 Å². The van der Waals surface area contributed by atoms with Gasteiger partial charge < -0.3 is 40.0 Å². The lowest BCUT2D eigenvalue weighted by molar-refractivity contribution is -0.137. The van der Waals surface area contributed by atoms with E-state index in [1.807, 2.05) is 12.1 Å². The van der Waals surface area contributed by atoms with Gasteiger partial charge in [-0.2, -0.15) is 18.2 Å². The summed E-state index contributed by atoms with van der Waals surface area (Å²) in [5, 5.41) is 12.1. The summed E-state index contributed by atoms with van der Waals surface area (Å²) >= 11 is 6.50. The Labute approximate surface area is 421 Å². The predicted molar refractivity (Wildman–Crippen MR) is 272 cm³/mol. The number of halogens is 4. The molecule has 8 rings (SSSR count). The summed E-state index contributed by atoms with van der Waals surface area (Å²) in [6.07, 6.45) is 1.97. The standard InChI is InChI=1S/C51H57ClF3N10O6P/c1-71-43-30-42(39(57-46(67)17-20-51(53,54)55)29-40(43)59-50-56-31-37(52)47(61-50)58-38-11-7-8-12-44(38)72(2,3)70)64-22-18-35(19-23-64)63-26-24-62(25-27-63)21-9-5-4-6-10-33-13-14-36-34(28-33)32-65(49(36)69)41-15-16-45(66)60-48(41)68/h7-8,11-14,17,20,28-31,35,41H,4-5,9,15-16,18-19,21-27,32H2,1-3H3,(H,57,67)(H,60,66,68)(H2,56,58,59,61). The van der Waals surface area contributed by atoms with Crippen LogP contribution >= 0.6 is 18.7 Å². The SMILES string of the molecule is COc1cc(N2CCC(N3CCN(CCCCC#Cc4ccc5c(c4)CN(C4CCC(=O)NC4=O)C5=O)CC3)CC2)c(NC(=O)C=CC(F)(F)F)cc1Nc1ncc(Cl)c(Nc2ccccc2P(C)(C)=O)n1. The van der Waals surface area contributed by atoms with Crippen LogP contribution in [0, 0.1) is 11.8 Å². The molecule has 0 aliphatic carbocycles. The number of piperidine rings is 2. The van der Waals surface area contributed by atoms with E-state index >= 15 is 0 Å². The molecule has 1 atom stereocenters. The molecule has 4 aliphatic rings. The number of fused-ring (bicyclic) bond motifs is 1. The van der Waals surface area contributed by atoms with Crippen LogP contribution in [0.3, 0.4) is 0 Å². The monoisotopic (exact) mass is 1030 g/mol. The van der Waals surface area contributed by atoms with Crippen molar-refractivity contribution in [1.82, 2.24) is 30.0 Å². The van der Waals surface area contributed by atoms with E-state index in [-0.39, 0.29) is 46.8 Å². The van der Waals surface area contributed by atoms with Crippen molar-refractivity contribution in [2.24, 2.45) is 0 Å². The van der Waals surface area contributed by atoms with Gasteiger partial charge in [-0.25, -0.2) is 4.98 Å². The Morgan fingerprint density at radius 2 is 1.72 bits per heavy atom. The van der Waals surface area contributed by atoms with Crippen molar-refractivity contribution in [3.8, 4) is 17.6 Å². The number of piperazine rings is 1. The van der Waals surface area contributed by atoms with Gasteiger partial charge in [-0.1, -0.05) is 35.6 Å². The Morgan fingerprint density at radius 3 is 2.44 bits per heavy atom. The molecule has 16 nitrogen and oxygen atoms in total. The van der Waals surface area contributed by atoms with E-state index in [2.05, 4.69) is 57.8 Å². The topological polar surface area (TPSA) is 181 Å². The largest absolute Gasteiger partial charge is 0.494 e. The highest BCUT2D eigenvalue weighted by Crippen LogP contribution is 2.41. The molecule has 0 bridgehead atoms. The van der Waals surface area contributed by atoms with E-state index in [0.717, 1.165) is 76.0 Å². The molecule has 0 spiro atoms. The first-order chi connectivity index (χ1) is 34.4. The van der Waals surface area contributed by atoms with Crippen molar-refractivity contribution in [2.75, 3.05) is 87.1 Å². The van der Waals surface area contributed by atoms with Crippen molar-refractivity contribution in [1.29, 1.82) is 0 Å². The zero-order valence-corrected chi connectivity index (χ0v) is 41.9. The van der Waals surface area contributed by atoms with Crippen molar-refractivity contribution in [3.63, 3.8) is 0 Å². The lowest BCUT2D eigenvalue weighted by atomic mass is 10.0. The third-order valence-corrected chi connectivity index (χ3v) is 15.1. The number of hydrogen-bond acceptors (Lipinski definition) is 13. The van der Waals surface area contributed by atoms with E-state index in [9.17, 15) is 36.9 Å². The number of benzene rings is 3. The van der Waals surface area contributed by atoms with Gasteiger partial charge in [-0.15, -0.1) is 0 Å². The van der Waals surface area contributed by atoms with Gasteiger partial charge >= 0.3 is 6.18 Å². The number of methoxy groups -OCH3 is 1. The normalized spacial score (nSPS) is 18.2. The van der Waals surface area contributed by atoms with Crippen LogP contribution in [0.5, 0.6) is 5.75 Å². The summed E-state index contributed by atoms with van der Waals surface area (Å²) in [6.45, 7) is 9.65. The maximum Gasteiger partial charge on any atom is 0.409 e. The van der Waals surface area contributed by atoms with Crippen molar-refractivity contribution >= 4 is 82.2 Å². The number of anilines is 6. The summed E-state index contributed by atoms with van der Waals surface area (Å²) in [5.41, 5.74) is 3.96. The molecule has 1 aromatic heterocycles. The Kier molecular flexibility index (Phi) is 16.2. The van der Waals surface area contributed by atoms with Crippen LogP contribution < -0.4 is 36.2 Å². The number of imide groups is 1. The molecule has 4 aromatic rings. The lowest BCUT2D eigenvalue weighted by Gasteiger charge is -2.43. The molecule has 21 heteroatoms. The molecule has 3 saturated heterocycles. The summed E-state index contributed by atoms with van der Waals surface area (Å²) in [5.74, 6) is 5.31. The van der Waals surface area contributed by atoms with E-state index in [1.165, 1.54) is 18.2 Å². The first kappa shape index (κ1) is 51.9. The molecular weight excluding hydrogens is 972 g/mol. The van der Waals surface area contributed by atoms with Crippen LogP contribution in [-0.2, 0) is 25.5 Å². The van der Waals surface area contributed by atoms with Crippen LogP contribution in [0.1, 0.15) is 66.4 Å². The first-order valence-electron chi connectivity index (χ1n) is 23.9. The number of para-hydroxylation sites is 1. The number of aromatic nitrogens is 2. The molecule has 0 saturated carbocycles. The van der Waals surface area contributed by atoms with Gasteiger partial charge in [-0.3, -0.25) is 29.4 Å². The van der Waals surface area contributed by atoms with Gasteiger partial charge in [0.2, 0.25) is 23.7 Å². The summed E-state index contributed by atoms with van der Waals surface area (Å²) in [6, 6.07) is 15.7. The minimum atomic E-state index is -4.68. The van der Waals surface area contributed by atoms with Crippen LogP contribution in [-0.4, -0.2) is 133 Å². The van der Waals surface area contributed by atoms with E-state index in [4.69, 9.17) is 16.3 Å². The molecule has 0 radical (unpaired) electrons. The molecule has 3 fully saturated rings. The molecule has 5 heterocycles. The second-order valence-corrected chi connectivity index (χ2v) is 22.2. The van der Waals surface area contributed by atoms with Gasteiger partial charge in [0.05, 0.1) is 36.1 Å². The highest BCUT2D eigenvalue weighted by Gasteiger charge is 2.39. The number of hydrogen-bond donors (Lipinski definition) is 4. The highest BCUT2D eigenvalue weighted by molar-refractivity contribution is 7.70. The van der Waals surface area contributed by atoms with Crippen molar-refractivity contribution in [3.05, 3.63) is 94.7 Å². The molecule has 4 amide bonds. The fraction of sp³-hybridized carbons (Fsp3) is 0.412. The second-order valence-electron chi connectivity index (χ2n) is 18.6. The number of unbranched alkanes of at least 4 members (excludes halogenated alkanes) is 2. The fourth-order valence-electron chi connectivity index (χ4n) is 9.54. The summed E-state index contributed by atoms with van der Waals surface area (Å²) in [7, 11) is -1.19. The number of nitrogens with zero attached hydrogens (tertiary/aromatic N) is 6. The molecule has 4 N–H and O–H groups in total. The number of allylic oxidation sites excluding steroid dienone is 1. The average molecular weight is 1030 g/mol.